The molecule has 9 N–H and O–H groups in total. The third-order valence-electron chi connectivity index (χ3n) is 7.31. The zero-order chi connectivity index (χ0) is 25.3. The van der Waals surface area contributed by atoms with Crippen LogP contribution in [0.25, 0.3) is 0 Å². The Morgan fingerprint density at radius 3 is 2.57 bits per heavy atom. The largest absolute Gasteiger partial charge is 0.370 e. The fourth-order valence-corrected chi connectivity index (χ4v) is 5.55. The molecule has 4 aliphatic heterocycles. The molecule has 0 aromatic heterocycles. The van der Waals surface area contributed by atoms with Crippen LogP contribution in [0.15, 0.2) is 35.3 Å². The number of guanidine groups is 2. The third kappa shape index (κ3) is 3.18. The van der Waals surface area contributed by atoms with Crippen LogP contribution >= 0.6 is 0 Å². The molecule has 0 aliphatic carbocycles. The highest BCUT2D eigenvalue weighted by Crippen LogP contribution is 2.42. The first kappa shape index (κ1) is 23.1. The summed E-state index contributed by atoms with van der Waals surface area (Å²) in [6.45, 7) is 3.18. The zero-order valence-electron chi connectivity index (χ0n) is 19.4. The van der Waals surface area contributed by atoms with E-state index in [1.807, 2.05) is 0 Å². The number of nitrogens with zero attached hydrogens (tertiary/aromatic N) is 3. The van der Waals surface area contributed by atoms with Gasteiger partial charge in [0.25, 0.3) is 11.6 Å². The molecule has 13 nitrogen and oxygen atoms in total. The smallest absolute Gasteiger partial charge is 0.343 e. The van der Waals surface area contributed by atoms with Gasteiger partial charge in [-0.15, -0.1) is 0 Å². The van der Waals surface area contributed by atoms with Crippen molar-refractivity contribution in [2.75, 3.05) is 13.1 Å². The van der Waals surface area contributed by atoms with Crippen LogP contribution in [0.5, 0.6) is 0 Å². The van der Waals surface area contributed by atoms with E-state index in [2.05, 4.69) is 20.6 Å². The number of carbonyl (C=O) groups excluding carboxylic acids is 3. The molecule has 1 spiro atoms. The molecule has 4 aliphatic rings. The van der Waals surface area contributed by atoms with Gasteiger partial charge in [-0.05, 0) is 12.1 Å². The number of rotatable bonds is 4. The lowest BCUT2D eigenvalue weighted by atomic mass is 9.84. The molecular weight excluding hydrogens is 456 g/mol. The molecule has 13 heteroatoms. The lowest BCUT2D eigenvalue weighted by molar-refractivity contribution is -0.521. The molecule has 0 saturated carbocycles. The maximum atomic E-state index is 12.8. The van der Waals surface area contributed by atoms with E-state index in [4.69, 9.17) is 11.5 Å². The van der Waals surface area contributed by atoms with Gasteiger partial charge < -0.3 is 21.3 Å². The van der Waals surface area contributed by atoms with Gasteiger partial charge in [0.2, 0.25) is 17.6 Å². The van der Waals surface area contributed by atoms with Crippen molar-refractivity contribution in [1.82, 2.24) is 20.4 Å². The lowest BCUT2D eigenvalue weighted by Crippen LogP contribution is -2.90. The normalized spacial score (nSPS) is 32.5. The Bertz CT molecular complexity index is 1170. The first-order valence-electron chi connectivity index (χ1n) is 11.3. The Hall–Kier alpha value is -3.71. The maximum Gasteiger partial charge on any atom is 0.343 e. The lowest BCUT2D eigenvalue weighted by Gasteiger charge is -2.46. The number of amides is 3. The summed E-state index contributed by atoms with van der Waals surface area (Å²) in [5, 5.41) is 28.5. The van der Waals surface area contributed by atoms with Gasteiger partial charge in [-0.3, -0.25) is 34.9 Å². The van der Waals surface area contributed by atoms with Crippen molar-refractivity contribution < 1.29 is 29.6 Å². The molecule has 2 saturated heterocycles. The first-order chi connectivity index (χ1) is 16.4. The predicted octanol–water partition coefficient (Wildman–Crippen LogP) is -4.67. The Kier molecular flexibility index (Phi) is 4.87. The van der Waals surface area contributed by atoms with Crippen molar-refractivity contribution in [2.45, 2.75) is 49.8 Å². The second-order valence-corrected chi connectivity index (χ2v) is 10.1. The van der Waals surface area contributed by atoms with Gasteiger partial charge in [0, 0.05) is 12.0 Å². The fraction of sp³-hybridized carbons (Fsp3) is 0.500. The van der Waals surface area contributed by atoms with E-state index in [1.165, 1.54) is 4.90 Å². The van der Waals surface area contributed by atoms with E-state index < -0.39 is 40.9 Å². The standard InChI is InChI=1S/C22H28N8O5/c1-20(2)8-14(31)29(17(20)33)9-12-15-21(28-18(23)27-15)22(34,35)13(10-30(21)19(24)25-12)26-16(32)11-6-4-3-5-7-11/h3-7,12-13,15,34-35H,8-10H2,1-2H3,(H2,24,25)(H,26,32)(H3,23,27,28)/p+1/t12-,13-,15-,21-/m0/s1. The van der Waals surface area contributed by atoms with E-state index in [0.717, 1.165) is 4.90 Å². The molecule has 0 unspecified atom stereocenters. The van der Waals surface area contributed by atoms with Gasteiger partial charge in [-0.1, -0.05) is 32.0 Å². The van der Waals surface area contributed by atoms with Crippen LogP contribution in [0.4, 0.5) is 0 Å². The summed E-state index contributed by atoms with van der Waals surface area (Å²) in [4.78, 5) is 48.2. The average Bonchev–Trinajstić information content (AvgIpc) is 3.33. The van der Waals surface area contributed by atoms with Crippen LogP contribution < -0.4 is 27.1 Å². The van der Waals surface area contributed by atoms with Crippen molar-refractivity contribution in [3.63, 3.8) is 0 Å². The number of hydrogen-bond acceptors (Lipinski definition) is 10. The number of likely N-dealkylation sites (tertiary alicyclic amines) is 1. The van der Waals surface area contributed by atoms with Crippen molar-refractivity contribution in [3.8, 4) is 0 Å². The van der Waals surface area contributed by atoms with Crippen LogP contribution in [0.1, 0.15) is 30.6 Å². The molecule has 186 valence electrons. The van der Waals surface area contributed by atoms with Crippen molar-refractivity contribution in [2.24, 2.45) is 21.9 Å². The van der Waals surface area contributed by atoms with E-state index in [-0.39, 0.29) is 43.2 Å². The number of imide groups is 1. The minimum absolute atomic E-state index is 0.0387. The quantitative estimate of drug-likeness (QED) is 0.162. The Morgan fingerprint density at radius 2 is 1.94 bits per heavy atom. The molecule has 2 fully saturated rings. The summed E-state index contributed by atoms with van der Waals surface area (Å²) in [5.74, 6) is -3.76. The third-order valence-corrected chi connectivity index (χ3v) is 7.31. The molecule has 4 atom stereocenters. The van der Waals surface area contributed by atoms with E-state index in [1.54, 1.807) is 44.2 Å². The van der Waals surface area contributed by atoms with Crippen molar-refractivity contribution in [1.29, 1.82) is 0 Å². The highest BCUT2D eigenvalue weighted by Gasteiger charge is 2.76. The highest BCUT2D eigenvalue weighted by molar-refractivity contribution is 6.05. The summed E-state index contributed by atoms with van der Waals surface area (Å²) in [6.07, 6.45) is 0.0666. The first-order valence-corrected chi connectivity index (χ1v) is 11.3. The number of hydrogen-bond donors (Lipinski definition) is 7. The molecule has 4 heterocycles. The molecule has 3 amide bonds. The van der Waals surface area contributed by atoms with E-state index >= 15 is 0 Å². The number of benzene rings is 1. The highest BCUT2D eigenvalue weighted by atomic mass is 16.5. The summed E-state index contributed by atoms with van der Waals surface area (Å²) >= 11 is 0. The number of aliphatic hydroxyl groups is 2. The van der Waals surface area contributed by atoms with Crippen molar-refractivity contribution in [3.05, 3.63) is 35.9 Å². The molecule has 0 radical (unpaired) electrons. The molecule has 35 heavy (non-hydrogen) atoms. The van der Waals surface area contributed by atoms with Crippen LogP contribution in [-0.4, -0.2) is 92.3 Å². The number of nitrogens with one attached hydrogen (secondary N) is 3. The van der Waals surface area contributed by atoms with Crippen LogP contribution in [-0.2, 0) is 9.59 Å². The number of aliphatic imine (C=N–C) groups is 1. The monoisotopic (exact) mass is 485 g/mol. The second-order valence-electron chi connectivity index (χ2n) is 10.1. The molecule has 1 aromatic rings. The van der Waals surface area contributed by atoms with Gasteiger partial charge in [0.05, 0.1) is 18.5 Å². The maximum absolute atomic E-state index is 12.8. The minimum atomic E-state index is -2.58. The summed E-state index contributed by atoms with van der Waals surface area (Å²) in [6, 6.07) is 5.45. The molecule has 1 aromatic carbocycles. The summed E-state index contributed by atoms with van der Waals surface area (Å²) in [5.41, 5.74) is 10.1. The predicted molar refractivity (Wildman–Crippen MR) is 122 cm³/mol. The van der Waals surface area contributed by atoms with E-state index in [0.29, 0.717) is 5.56 Å². The molecule has 5 rings (SSSR count). The van der Waals surface area contributed by atoms with Gasteiger partial charge in [0.15, 0.2) is 12.0 Å². The second kappa shape index (κ2) is 7.39. The van der Waals surface area contributed by atoms with Crippen LogP contribution in [0.2, 0.25) is 0 Å². The van der Waals surface area contributed by atoms with Crippen LogP contribution in [0.3, 0.4) is 0 Å². The van der Waals surface area contributed by atoms with Gasteiger partial charge in [0.1, 0.15) is 12.1 Å². The Morgan fingerprint density at radius 1 is 1.26 bits per heavy atom. The Balaban J connectivity index is 1.47. The van der Waals surface area contributed by atoms with E-state index in [9.17, 15) is 24.6 Å². The average molecular weight is 486 g/mol. The van der Waals surface area contributed by atoms with Gasteiger partial charge >= 0.3 is 5.96 Å². The van der Waals surface area contributed by atoms with Gasteiger partial charge in [-0.25, -0.2) is 10.3 Å². The summed E-state index contributed by atoms with van der Waals surface area (Å²) in [7, 11) is 0. The molecular formula is C22H29N8O5+. The van der Waals surface area contributed by atoms with Crippen molar-refractivity contribution >= 4 is 29.6 Å². The topological polar surface area (TPSA) is 201 Å². The van der Waals surface area contributed by atoms with Gasteiger partial charge in [-0.2, -0.15) is 0 Å². The summed E-state index contributed by atoms with van der Waals surface area (Å²) < 4.78 is 0. The van der Waals surface area contributed by atoms with Crippen LogP contribution in [0, 0.1) is 5.41 Å². The SMILES string of the molecule is CC1(C)CC(=O)N(C[C@@H]2N=C(N)N3C[C@H](NC(=O)c4ccccc4)C(O)(O)[C@@]34NC(N)=[NH+][C@@H]24)C1=O. The number of nitrogens with two attached hydrogens (primary N) is 2. The number of carbonyl (C=O) groups is 3. The Labute approximate surface area is 200 Å². The minimum Gasteiger partial charge on any atom is -0.370 e. The fourth-order valence-electron chi connectivity index (χ4n) is 5.55. The molecule has 0 bridgehead atoms. The zero-order valence-corrected chi connectivity index (χ0v) is 19.4.